The van der Waals surface area contributed by atoms with Crippen molar-refractivity contribution >= 4 is 79.1 Å². The lowest BCUT2D eigenvalue weighted by Crippen LogP contribution is -2.36. The summed E-state index contributed by atoms with van der Waals surface area (Å²) in [5.74, 6) is 0.100. The molecule has 1 saturated heterocycles. The van der Waals surface area contributed by atoms with Gasteiger partial charge < -0.3 is 14.8 Å². The summed E-state index contributed by atoms with van der Waals surface area (Å²) in [6.45, 7) is 1.99. The largest absolute Gasteiger partial charge is 0.493 e. The monoisotopic (exact) mass is 616 g/mol. The third kappa shape index (κ3) is 5.80. The fourth-order valence-corrected chi connectivity index (χ4v) is 4.37. The molecule has 1 aliphatic heterocycles. The van der Waals surface area contributed by atoms with E-state index in [0.29, 0.717) is 33.8 Å². The average molecular weight is 617 g/mol. The van der Waals surface area contributed by atoms with Gasteiger partial charge in [0, 0.05) is 13.7 Å². The van der Waals surface area contributed by atoms with Crippen molar-refractivity contribution in [2.45, 2.75) is 6.92 Å². The summed E-state index contributed by atoms with van der Waals surface area (Å²) in [7, 11) is 1.52. The van der Waals surface area contributed by atoms with Gasteiger partial charge in [0.2, 0.25) is 5.91 Å². The number of ether oxygens (including phenoxy) is 2. The first-order valence-corrected chi connectivity index (χ1v) is 11.8. The molecule has 3 amide bonds. The van der Waals surface area contributed by atoms with Crippen molar-refractivity contribution in [1.82, 2.24) is 4.90 Å². The van der Waals surface area contributed by atoms with E-state index < -0.39 is 17.1 Å². The van der Waals surface area contributed by atoms with Crippen LogP contribution in [0.4, 0.5) is 10.5 Å². The number of hydrogen-bond donors (Lipinski definition) is 1. The van der Waals surface area contributed by atoms with Gasteiger partial charge in [0.15, 0.2) is 11.5 Å². The zero-order chi connectivity index (χ0) is 22.5. The zero-order valence-corrected chi connectivity index (χ0v) is 21.2. The fraction of sp³-hybridized carbons (Fsp3) is 0.190. The Morgan fingerprint density at radius 3 is 2.58 bits per heavy atom. The summed E-state index contributed by atoms with van der Waals surface area (Å²) in [6, 6.07) is 10.7. The number of benzene rings is 2. The molecule has 2 aromatic carbocycles. The molecule has 0 unspecified atom stereocenters. The Morgan fingerprint density at radius 1 is 1.23 bits per heavy atom. The number of amides is 3. The van der Waals surface area contributed by atoms with Crippen LogP contribution in [0.5, 0.6) is 11.5 Å². The summed E-state index contributed by atoms with van der Waals surface area (Å²) in [6.07, 6.45) is 1.59. The molecule has 0 aliphatic carbocycles. The van der Waals surface area contributed by atoms with Crippen molar-refractivity contribution < 1.29 is 23.9 Å². The minimum absolute atomic E-state index is 0.221. The van der Waals surface area contributed by atoms with E-state index in [9.17, 15) is 14.4 Å². The van der Waals surface area contributed by atoms with Crippen LogP contribution in [-0.4, -0.2) is 42.2 Å². The van der Waals surface area contributed by atoms with Gasteiger partial charge in [-0.25, -0.2) is 0 Å². The van der Waals surface area contributed by atoms with Crippen molar-refractivity contribution in [1.29, 1.82) is 0 Å². The Hall–Kier alpha value is -2.05. The van der Waals surface area contributed by atoms with Crippen LogP contribution in [0.2, 0.25) is 0 Å². The number of carbonyl (C=O) groups is 3. The highest BCUT2D eigenvalue weighted by Gasteiger charge is 2.36. The number of rotatable bonds is 7. The molecule has 0 bridgehead atoms. The van der Waals surface area contributed by atoms with E-state index in [1.807, 2.05) is 19.1 Å². The van der Waals surface area contributed by atoms with Gasteiger partial charge in [-0.2, -0.15) is 0 Å². The van der Waals surface area contributed by atoms with Crippen molar-refractivity contribution in [3.63, 3.8) is 0 Å². The van der Waals surface area contributed by atoms with E-state index in [1.54, 1.807) is 30.3 Å². The minimum Gasteiger partial charge on any atom is -0.493 e. The van der Waals surface area contributed by atoms with Gasteiger partial charge in [0.25, 0.3) is 11.1 Å². The average Bonchev–Trinajstić information content (AvgIpc) is 2.99. The molecule has 0 aromatic heterocycles. The second kappa shape index (κ2) is 10.5. The molecular formula is C21H18BrIN2O5S. The molecule has 2 aromatic rings. The predicted octanol–water partition coefficient (Wildman–Crippen LogP) is 5.14. The highest BCUT2D eigenvalue weighted by molar-refractivity contribution is 14.1. The number of imide groups is 1. The summed E-state index contributed by atoms with van der Waals surface area (Å²) in [4.78, 5) is 38.6. The Labute approximate surface area is 205 Å². The van der Waals surface area contributed by atoms with Crippen LogP contribution in [-0.2, 0) is 9.59 Å². The number of anilines is 1. The second-order valence-electron chi connectivity index (χ2n) is 6.28. The van der Waals surface area contributed by atoms with Crippen molar-refractivity contribution in [2.75, 3.05) is 25.6 Å². The molecule has 1 N–H and O–H groups in total. The number of halogens is 2. The van der Waals surface area contributed by atoms with Crippen LogP contribution in [0, 0.1) is 3.57 Å². The smallest absolute Gasteiger partial charge is 0.294 e. The molecule has 1 heterocycles. The van der Waals surface area contributed by atoms with Gasteiger partial charge in [0.05, 0.1) is 18.6 Å². The molecule has 31 heavy (non-hydrogen) atoms. The topological polar surface area (TPSA) is 84.9 Å². The summed E-state index contributed by atoms with van der Waals surface area (Å²) in [5.41, 5.74) is 1.24. The number of hydrogen-bond acceptors (Lipinski definition) is 6. The van der Waals surface area contributed by atoms with E-state index in [4.69, 9.17) is 9.47 Å². The maximum Gasteiger partial charge on any atom is 0.294 e. The maximum atomic E-state index is 12.8. The van der Waals surface area contributed by atoms with Gasteiger partial charge in [0.1, 0.15) is 6.54 Å². The third-order valence-corrected chi connectivity index (χ3v) is 6.49. The molecule has 162 valence electrons. The molecule has 1 aliphatic rings. The van der Waals surface area contributed by atoms with E-state index >= 15 is 0 Å². The zero-order valence-electron chi connectivity index (χ0n) is 16.6. The maximum absolute atomic E-state index is 12.8. The SMILES string of the molecule is CCOc1cc(Br)c(/C=C2\SC(=O)N(CC(=O)Nc3ccc(I)cc3)C2=O)cc1OC. The normalized spacial score (nSPS) is 14.8. The molecule has 0 atom stereocenters. The van der Waals surface area contributed by atoms with Crippen molar-refractivity contribution in [2.24, 2.45) is 0 Å². The predicted molar refractivity (Wildman–Crippen MR) is 132 cm³/mol. The Balaban J connectivity index is 1.75. The molecule has 10 heteroatoms. The van der Waals surface area contributed by atoms with Crippen LogP contribution >= 0.6 is 50.3 Å². The van der Waals surface area contributed by atoms with Gasteiger partial charge in [-0.1, -0.05) is 15.9 Å². The van der Waals surface area contributed by atoms with Crippen LogP contribution < -0.4 is 14.8 Å². The lowest BCUT2D eigenvalue weighted by molar-refractivity contribution is -0.127. The molecular weight excluding hydrogens is 599 g/mol. The van der Waals surface area contributed by atoms with Gasteiger partial charge >= 0.3 is 0 Å². The molecule has 7 nitrogen and oxygen atoms in total. The first kappa shape index (κ1) is 23.6. The van der Waals surface area contributed by atoms with Gasteiger partial charge in [-0.15, -0.1) is 0 Å². The number of thioether (sulfide) groups is 1. The lowest BCUT2D eigenvalue weighted by Gasteiger charge is -2.13. The highest BCUT2D eigenvalue weighted by atomic mass is 127. The Bertz CT molecular complexity index is 1060. The molecule has 0 saturated carbocycles. The van der Waals surface area contributed by atoms with Gasteiger partial charge in [-0.3, -0.25) is 19.3 Å². The Kier molecular flexibility index (Phi) is 8.00. The Morgan fingerprint density at radius 2 is 1.94 bits per heavy atom. The molecule has 0 spiro atoms. The number of nitrogens with zero attached hydrogens (tertiary/aromatic N) is 1. The van der Waals surface area contributed by atoms with Crippen LogP contribution in [0.3, 0.4) is 0 Å². The van der Waals surface area contributed by atoms with E-state index in [0.717, 1.165) is 20.2 Å². The first-order chi connectivity index (χ1) is 14.8. The van der Waals surface area contributed by atoms with Crippen LogP contribution in [0.25, 0.3) is 6.08 Å². The minimum atomic E-state index is -0.521. The lowest BCUT2D eigenvalue weighted by atomic mass is 10.2. The van der Waals surface area contributed by atoms with Crippen molar-refractivity contribution in [3.05, 3.63) is 54.9 Å². The standard InChI is InChI=1S/C21H18BrIN2O5S/c1-3-30-17-10-15(22)12(8-16(17)29-2)9-18-20(27)25(21(28)31-18)11-19(26)24-14-6-4-13(23)5-7-14/h4-10H,3,11H2,1-2H3,(H,24,26)/b18-9-. The van der Waals surface area contributed by atoms with E-state index in [1.165, 1.54) is 7.11 Å². The second-order valence-corrected chi connectivity index (χ2v) is 9.37. The molecule has 1 fully saturated rings. The fourth-order valence-electron chi connectivity index (χ4n) is 2.74. The van der Waals surface area contributed by atoms with Crippen molar-refractivity contribution in [3.8, 4) is 11.5 Å². The van der Waals surface area contributed by atoms with Gasteiger partial charge in [-0.05, 0) is 89.3 Å². The third-order valence-electron chi connectivity index (χ3n) is 4.17. The van der Waals surface area contributed by atoms with Crippen LogP contribution in [0.15, 0.2) is 45.8 Å². The first-order valence-electron chi connectivity index (χ1n) is 9.13. The summed E-state index contributed by atoms with van der Waals surface area (Å²) < 4.78 is 12.6. The highest BCUT2D eigenvalue weighted by Crippen LogP contribution is 2.38. The quantitative estimate of drug-likeness (QED) is 0.343. The number of methoxy groups -OCH3 is 1. The number of nitrogens with one attached hydrogen (secondary N) is 1. The molecule has 0 radical (unpaired) electrons. The summed E-state index contributed by atoms with van der Waals surface area (Å²) >= 11 is 6.41. The van der Waals surface area contributed by atoms with E-state index in [-0.39, 0.29) is 11.4 Å². The van der Waals surface area contributed by atoms with E-state index in [2.05, 4.69) is 43.8 Å². The summed E-state index contributed by atoms with van der Waals surface area (Å²) in [5, 5.41) is 2.19. The number of carbonyl (C=O) groups excluding carboxylic acids is 3. The molecule has 3 rings (SSSR count). The van der Waals surface area contributed by atoms with Crippen LogP contribution in [0.1, 0.15) is 12.5 Å².